The molecule has 0 aliphatic heterocycles. The SMILES string of the molecule is CNCC(C(=O)O)C1=CCCC=C1. The van der Waals surface area contributed by atoms with E-state index in [1.54, 1.807) is 7.05 Å². The number of carboxylic acid groups (broad SMARTS) is 1. The second-order valence-corrected chi connectivity index (χ2v) is 3.13. The Labute approximate surface area is 78.1 Å². The van der Waals surface area contributed by atoms with Crippen molar-refractivity contribution in [3.05, 3.63) is 23.8 Å². The van der Waals surface area contributed by atoms with Gasteiger partial charge in [-0.15, -0.1) is 0 Å². The number of rotatable bonds is 4. The van der Waals surface area contributed by atoms with Gasteiger partial charge in [0.15, 0.2) is 0 Å². The van der Waals surface area contributed by atoms with Crippen LogP contribution in [0.2, 0.25) is 0 Å². The lowest BCUT2D eigenvalue weighted by molar-refractivity contribution is -0.140. The lowest BCUT2D eigenvalue weighted by Gasteiger charge is -2.15. The molecule has 2 N–H and O–H groups in total. The predicted molar refractivity (Wildman–Crippen MR) is 51.5 cm³/mol. The molecule has 0 aromatic carbocycles. The normalized spacial score (nSPS) is 18.1. The Hall–Kier alpha value is -1.09. The van der Waals surface area contributed by atoms with E-state index >= 15 is 0 Å². The van der Waals surface area contributed by atoms with E-state index in [9.17, 15) is 4.79 Å². The van der Waals surface area contributed by atoms with Gasteiger partial charge in [0.25, 0.3) is 0 Å². The summed E-state index contributed by atoms with van der Waals surface area (Å²) in [6.07, 6.45) is 7.94. The second kappa shape index (κ2) is 4.82. The summed E-state index contributed by atoms with van der Waals surface area (Å²) in [5, 5.41) is 11.8. The van der Waals surface area contributed by atoms with Gasteiger partial charge >= 0.3 is 5.97 Å². The molecule has 1 rings (SSSR count). The van der Waals surface area contributed by atoms with Crippen molar-refractivity contribution in [2.75, 3.05) is 13.6 Å². The van der Waals surface area contributed by atoms with Crippen LogP contribution in [-0.2, 0) is 4.79 Å². The third-order valence-corrected chi connectivity index (χ3v) is 2.13. The molecule has 0 amide bonds. The highest BCUT2D eigenvalue weighted by atomic mass is 16.4. The van der Waals surface area contributed by atoms with Crippen LogP contribution in [0, 0.1) is 5.92 Å². The number of hydrogen-bond acceptors (Lipinski definition) is 2. The largest absolute Gasteiger partial charge is 0.481 e. The molecule has 0 fully saturated rings. The van der Waals surface area contributed by atoms with Crippen LogP contribution in [0.3, 0.4) is 0 Å². The highest BCUT2D eigenvalue weighted by Gasteiger charge is 2.19. The molecule has 0 radical (unpaired) electrons. The topological polar surface area (TPSA) is 49.3 Å². The Kier molecular flexibility index (Phi) is 3.71. The maximum Gasteiger partial charge on any atom is 0.312 e. The molecule has 3 heteroatoms. The molecule has 0 saturated heterocycles. The molecule has 13 heavy (non-hydrogen) atoms. The minimum absolute atomic E-state index is 0.401. The molecule has 0 aromatic rings. The van der Waals surface area contributed by atoms with Crippen molar-refractivity contribution in [1.82, 2.24) is 5.32 Å². The van der Waals surface area contributed by atoms with Gasteiger partial charge < -0.3 is 10.4 Å². The molecule has 0 aromatic heterocycles. The summed E-state index contributed by atoms with van der Waals surface area (Å²) in [5.41, 5.74) is 0.924. The summed E-state index contributed by atoms with van der Waals surface area (Å²) in [6, 6.07) is 0. The Morgan fingerprint density at radius 3 is 2.92 bits per heavy atom. The van der Waals surface area contributed by atoms with Crippen molar-refractivity contribution in [3.8, 4) is 0 Å². The molecule has 0 saturated carbocycles. The van der Waals surface area contributed by atoms with Gasteiger partial charge in [0.2, 0.25) is 0 Å². The minimum atomic E-state index is -0.757. The molecule has 1 aliphatic rings. The van der Waals surface area contributed by atoms with Gasteiger partial charge in [-0.2, -0.15) is 0 Å². The molecular weight excluding hydrogens is 166 g/mol. The smallest absolute Gasteiger partial charge is 0.312 e. The van der Waals surface area contributed by atoms with Crippen molar-refractivity contribution in [2.24, 2.45) is 5.92 Å². The van der Waals surface area contributed by atoms with Gasteiger partial charge in [-0.3, -0.25) is 4.79 Å². The number of carbonyl (C=O) groups is 1. The fraction of sp³-hybridized carbons (Fsp3) is 0.500. The average molecular weight is 181 g/mol. The fourth-order valence-corrected chi connectivity index (χ4v) is 1.44. The maximum atomic E-state index is 10.9. The molecule has 1 atom stereocenters. The molecule has 1 unspecified atom stereocenters. The molecular formula is C10H15NO2. The van der Waals surface area contributed by atoms with E-state index in [0.717, 1.165) is 18.4 Å². The first kappa shape index (κ1) is 9.99. The summed E-state index contributed by atoms with van der Waals surface area (Å²) in [7, 11) is 1.77. The number of hydrogen-bond donors (Lipinski definition) is 2. The molecule has 1 aliphatic carbocycles. The van der Waals surface area contributed by atoms with Crippen molar-refractivity contribution in [1.29, 1.82) is 0 Å². The summed E-state index contributed by atoms with van der Waals surface area (Å²) in [4.78, 5) is 10.9. The summed E-state index contributed by atoms with van der Waals surface area (Å²) < 4.78 is 0. The van der Waals surface area contributed by atoms with E-state index in [1.165, 1.54) is 0 Å². The zero-order valence-electron chi connectivity index (χ0n) is 7.79. The van der Waals surface area contributed by atoms with Crippen LogP contribution in [-0.4, -0.2) is 24.7 Å². The van der Waals surface area contributed by atoms with Crippen LogP contribution >= 0.6 is 0 Å². The number of nitrogens with one attached hydrogen (secondary N) is 1. The number of allylic oxidation sites excluding steroid dienone is 3. The van der Waals surface area contributed by atoms with Crippen LogP contribution in [0.1, 0.15) is 12.8 Å². The lowest BCUT2D eigenvalue weighted by atomic mass is 9.94. The zero-order chi connectivity index (χ0) is 9.68. The first-order chi connectivity index (χ1) is 6.25. The summed E-state index contributed by atoms with van der Waals surface area (Å²) >= 11 is 0. The van der Waals surface area contributed by atoms with Crippen molar-refractivity contribution >= 4 is 5.97 Å². The van der Waals surface area contributed by atoms with E-state index in [2.05, 4.69) is 5.32 Å². The van der Waals surface area contributed by atoms with E-state index in [0.29, 0.717) is 6.54 Å². The molecule has 0 heterocycles. The van der Waals surface area contributed by atoms with E-state index in [1.807, 2.05) is 18.2 Å². The van der Waals surface area contributed by atoms with Crippen LogP contribution < -0.4 is 5.32 Å². The molecule has 0 spiro atoms. The standard InChI is InChI=1S/C10H15NO2/c1-11-7-9(10(12)13)8-5-3-2-4-6-8/h3,5-6,9,11H,2,4,7H2,1H3,(H,12,13). The number of carboxylic acids is 1. The Morgan fingerprint density at radius 1 is 1.69 bits per heavy atom. The first-order valence-corrected chi connectivity index (χ1v) is 4.49. The minimum Gasteiger partial charge on any atom is -0.481 e. The first-order valence-electron chi connectivity index (χ1n) is 4.49. The van der Waals surface area contributed by atoms with E-state index < -0.39 is 11.9 Å². The second-order valence-electron chi connectivity index (χ2n) is 3.13. The van der Waals surface area contributed by atoms with Crippen LogP contribution in [0.4, 0.5) is 0 Å². The van der Waals surface area contributed by atoms with Crippen molar-refractivity contribution in [2.45, 2.75) is 12.8 Å². The Bertz CT molecular complexity index is 243. The molecule has 72 valence electrons. The van der Waals surface area contributed by atoms with Gasteiger partial charge in [-0.25, -0.2) is 0 Å². The average Bonchev–Trinajstić information content (AvgIpc) is 2.15. The molecule has 3 nitrogen and oxygen atoms in total. The van der Waals surface area contributed by atoms with Crippen molar-refractivity contribution < 1.29 is 9.90 Å². The summed E-state index contributed by atoms with van der Waals surface area (Å²) in [5.74, 6) is -1.16. The highest BCUT2D eigenvalue weighted by molar-refractivity contribution is 5.75. The maximum absolute atomic E-state index is 10.9. The van der Waals surface area contributed by atoms with Gasteiger partial charge in [0, 0.05) is 6.54 Å². The van der Waals surface area contributed by atoms with Gasteiger partial charge in [0.05, 0.1) is 5.92 Å². The van der Waals surface area contributed by atoms with Crippen LogP contribution in [0.5, 0.6) is 0 Å². The van der Waals surface area contributed by atoms with Gasteiger partial charge in [0.1, 0.15) is 0 Å². The Balaban J connectivity index is 2.68. The fourth-order valence-electron chi connectivity index (χ4n) is 1.44. The Morgan fingerprint density at radius 2 is 2.46 bits per heavy atom. The third-order valence-electron chi connectivity index (χ3n) is 2.13. The van der Waals surface area contributed by atoms with E-state index in [-0.39, 0.29) is 0 Å². The monoisotopic (exact) mass is 181 g/mol. The van der Waals surface area contributed by atoms with Gasteiger partial charge in [-0.1, -0.05) is 18.2 Å². The predicted octanol–water partition coefficient (Wildman–Crippen LogP) is 1.18. The van der Waals surface area contributed by atoms with Crippen LogP contribution in [0.15, 0.2) is 23.8 Å². The summed E-state index contributed by atoms with van der Waals surface area (Å²) in [6.45, 7) is 0.492. The molecule has 0 bridgehead atoms. The lowest BCUT2D eigenvalue weighted by Crippen LogP contribution is -2.27. The number of aliphatic carboxylic acids is 1. The third kappa shape index (κ3) is 2.70. The van der Waals surface area contributed by atoms with Crippen molar-refractivity contribution in [3.63, 3.8) is 0 Å². The van der Waals surface area contributed by atoms with Gasteiger partial charge in [-0.05, 0) is 25.5 Å². The zero-order valence-corrected chi connectivity index (χ0v) is 7.79. The highest BCUT2D eigenvalue weighted by Crippen LogP contribution is 2.18. The van der Waals surface area contributed by atoms with Crippen LogP contribution in [0.25, 0.3) is 0 Å². The quantitative estimate of drug-likeness (QED) is 0.684. The van der Waals surface area contributed by atoms with E-state index in [4.69, 9.17) is 5.11 Å².